The number of nitrogens with one attached hydrogen (secondary N) is 2. The zero-order valence-electron chi connectivity index (χ0n) is 11.4. The van der Waals surface area contributed by atoms with E-state index in [9.17, 15) is 0 Å². The molecule has 3 aromatic rings. The molecule has 0 aliphatic heterocycles. The first-order chi connectivity index (χ1) is 9.56. The molecule has 0 radical (unpaired) electrons. The van der Waals surface area contributed by atoms with Crippen molar-refractivity contribution < 1.29 is 0 Å². The minimum absolute atomic E-state index is 0.184. The van der Waals surface area contributed by atoms with Gasteiger partial charge in [0, 0.05) is 24.8 Å². The normalized spacial score (nSPS) is 11.2. The molecule has 0 bridgehead atoms. The van der Waals surface area contributed by atoms with Crippen LogP contribution in [-0.2, 0) is 13.6 Å². The van der Waals surface area contributed by atoms with Gasteiger partial charge in [0.1, 0.15) is 5.82 Å². The number of hydrogen-bond acceptors (Lipinski definition) is 5. The first kappa shape index (κ1) is 12.9. The van der Waals surface area contributed by atoms with Gasteiger partial charge in [0.05, 0.1) is 17.3 Å². The summed E-state index contributed by atoms with van der Waals surface area (Å²) in [6, 6.07) is 0. The lowest BCUT2D eigenvalue weighted by atomic mass is 10.2. The summed E-state index contributed by atoms with van der Waals surface area (Å²) in [5.41, 5.74) is 3.89. The summed E-state index contributed by atoms with van der Waals surface area (Å²) in [5.74, 6) is 0.663. The highest BCUT2D eigenvalue weighted by Gasteiger charge is 2.12. The van der Waals surface area contributed by atoms with Crippen LogP contribution in [0.4, 0.5) is 5.82 Å². The molecule has 0 atom stereocenters. The fraction of sp³-hybridized carbons (Fsp3) is 0.333. The fourth-order valence-corrected chi connectivity index (χ4v) is 2.36. The van der Waals surface area contributed by atoms with Crippen LogP contribution in [0.1, 0.15) is 17.0 Å². The van der Waals surface area contributed by atoms with Crippen LogP contribution in [-0.4, -0.2) is 29.9 Å². The zero-order valence-corrected chi connectivity index (χ0v) is 12.2. The maximum absolute atomic E-state index is 5.90. The highest BCUT2D eigenvalue weighted by atomic mass is 35.5. The molecule has 0 saturated carbocycles. The van der Waals surface area contributed by atoms with Crippen molar-refractivity contribution in [3.63, 3.8) is 0 Å². The molecule has 0 amide bonds. The van der Waals surface area contributed by atoms with E-state index in [4.69, 9.17) is 11.6 Å². The number of anilines is 1. The molecule has 20 heavy (non-hydrogen) atoms. The number of fused-ring (bicyclic) bond motifs is 1. The van der Waals surface area contributed by atoms with E-state index in [1.165, 1.54) is 0 Å². The van der Waals surface area contributed by atoms with Crippen molar-refractivity contribution in [3.8, 4) is 0 Å². The number of nitrogens with zero attached hydrogens (tertiary/aromatic N) is 5. The van der Waals surface area contributed by atoms with Crippen LogP contribution in [0.5, 0.6) is 0 Å². The first-order valence-corrected chi connectivity index (χ1v) is 6.53. The van der Waals surface area contributed by atoms with Gasteiger partial charge in [-0.1, -0.05) is 0 Å². The first-order valence-electron chi connectivity index (χ1n) is 6.16. The Balaban J connectivity index is 1.92. The van der Waals surface area contributed by atoms with E-state index in [0.717, 1.165) is 22.3 Å². The molecule has 104 valence electrons. The van der Waals surface area contributed by atoms with Gasteiger partial charge < -0.3 is 5.32 Å². The van der Waals surface area contributed by atoms with E-state index in [1.54, 1.807) is 6.20 Å². The number of rotatable bonds is 3. The summed E-state index contributed by atoms with van der Waals surface area (Å²) in [7, 11) is 1.93. The zero-order chi connectivity index (χ0) is 14.3. The standard InChI is InChI=1S/C12H14ClN7/c1-6-8(7(2)20(3)19-6)4-14-10-9-5-15-18-11(9)17-12(13)16-10/h5H,4H2,1-3H3,(H2,14,15,16,17,18). The summed E-state index contributed by atoms with van der Waals surface area (Å²) in [5, 5.41) is 15.4. The van der Waals surface area contributed by atoms with Crippen molar-refractivity contribution in [2.75, 3.05) is 5.32 Å². The highest BCUT2D eigenvalue weighted by Crippen LogP contribution is 2.21. The van der Waals surface area contributed by atoms with E-state index >= 15 is 0 Å². The molecule has 8 heteroatoms. The molecule has 0 spiro atoms. The maximum Gasteiger partial charge on any atom is 0.226 e. The van der Waals surface area contributed by atoms with Gasteiger partial charge in [-0.3, -0.25) is 9.78 Å². The lowest BCUT2D eigenvalue weighted by Crippen LogP contribution is -2.05. The van der Waals surface area contributed by atoms with Gasteiger partial charge in [-0.15, -0.1) is 0 Å². The van der Waals surface area contributed by atoms with E-state index in [2.05, 4.69) is 30.6 Å². The van der Waals surface area contributed by atoms with E-state index in [1.807, 2.05) is 25.6 Å². The van der Waals surface area contributed by atoms with Crippen molar-refractivity contribution >= 4 is 28.5 Å². The second-order valence-electron chi connectivity index (χ2n) is 4.60. The van der Waals surface area contributed by atoms with Crippen LogP contribution >= 0.6 is 11.6 Å². The largest absolute Gasteiger partial charge is 0.365 e. The summed E-state index contributed by atoms with van der Waals surface area (Å²) in [6.07, 6.45) is 1.68. The van der Waals surface area contributed by atoms with Crippen molar-refractivity contribution in [2.45, 2.75) is 20.4 Å². The Hall–Kier alpha value is -2.15. The number of aromatic nitrogens is 6. The number of H-pyrrole nitrogens is 1. The number of halogens is 1. The van der Waals surface area contributed by atoms with Gasteiger partial charge in [0.2, 0.25) is 5.28 Å². The van der Waals surface area contributed by atoms with Gasteiger partial charge in [-0.05, 0) is 25.4 Å². The molecular formula is C12H14ClN7. The Labute approximate surface area is 120 Å². The van der Waals surface area contributed by atoms with Crippen LogP contribution in [0.15, 0.2) is 6.20 Å². The van der Waals surface area contributed by atoms with Crippen LogP contribution in [0.2, 0.25) is 5.28 Å². The summed E-state index contributed by atoms with van der Waals surface area (Å²) >= 11 is 5.90. The number of aryl methyl sites for hydroxylation is 2. The molecule has 0 fully saturated rings. The minimum Gasteiger partial charge on any atom is -0.365 e. The molecule has 7 nitrogen and oxygen atoms in total. The van der Waals surface area contributed by atoms with Crippen molar-refractivity contribution in [1.82, 2.24) is 29.9 Å². The molecule has 0 aromatic carbocycles. The molecule has 3 aromatic heterocycles. The van der Waals surface area contributed by atoms with Crippen LogP contribution < -0.4 is 5.32 Å². The Morgan fingerprint density at radius 2 is 2.15 bits per heavy atom. The molecule has 0 aliphatic rings. The summed E-state index contributed by atoms with van der Waals surface area (Å²) in [4.78, 5) is 8.28. The quantitative estimate of drug-likeness (QED) is 0.721. The fourth-order valence-electron chi connectivity index (χ4n) is 2.19. The van der Waals surface area contributed by atoms with Gasteiger partial charge in [0.25, 0.3) is 0 Å². The van der Waals surface area contributed by atoms with Gasteiger partial charge in [-0.25, -0.2) is 0 Å². The van der Waals surface area contributed by atoms with Gasteiger partial charge in [0.15, 0.2) is 5.65 Å². The van der Waals surface area contributed by atoms with Crippen molar-refractivity contribution in [2.24, 2.45) is 7.05 Å². The van der Waals surface area contributed by atoms with Crippen LogP contribution in [0.3, 0.4) is 0 Å². The molecular weight excluding hydrogens is 278 g/mol. The molecule has 3 rings (SSSR count). The summed E-state index contributed by atoms with van der Waals surface area (Å²) in [6.45, 7) is 4.65. The monoisotopic (exact) mass is 291 g/mol. The number of hydrogen-bond donors (Lipinski definition) is 2. The van der Waals surface area contributed by atoms with Crippen LogP contribution in [0.25, 0.3) is 11.0 Å². The van der Waals surface area contributed by atoms with E-state index in [-0.39, 0.29) is 5.28 Å². The van der Waals surface area contributed by atoms with Gasteiger partial charge >= 0.3 is 0 Å². The number of aromatic amines is 1. The highest BCUT2D eigenvalue weighted by molar-refractivity contribution is 6.28. The van der Waals surface area contributed by atoms with E-state index in [0.29, 0.717) is 18.0 Å². The van der Waals surface area contributed by atoms with E-state index < -0.39 is 0 Å². The predicted octanol–water partition coefficient (Wildman–Crippen LogP) is 1.97. The van der Waals surface area contributed by atoms with Crippen LogP contribution in [0, 0.1) is 13.8 Å². The second kappa shape index (κ2) is 4.75. The topological polar surface area (TPSA) is 84.3 Å². The summed E-state index contributed by atoms with van der Waals surface area (Å²) < 4.78 is 1.87. The Morgan fingerprint density at radius 3 is 2.85 bits per heavy atom. The Morgan fingerprint density at radius 1 is 1.35 bits per heavy atom. The van der Waals surface area contributed by atoms with Gasteiger partial charge in [-0.2, -0.15) is 20.2 Å². The Bertz CT molecular complexity index is 774. The lowest BCUT2D eigenvalue weighted by Gasteiger charge is -2.07. The smallest absolute Gasteiger partial charge is 0.226 e. The molecule has 0 unspecified atom stereocenters. The average Bonchev–Trinajstić information content (AvgIpc) is 2.94. The molecule has 3 heterocycles. The third-order valence-corrected chi connectivity index (χ3v) is 3.54. The minimum atomic E-state index is 0.184. The third kappa shape index (κ3) is 2.09. The predicted molar refractivity (Wildman–Crippen MR) is 76.7 cm³/mol. The average molecular weight is 292 g/mol. The van der Waals surface area contributed by atoms with Crippen molar-refractivity contribution in [3.05, 3.63) is 28.4 Å². The lowest BCUT2D eigenvalue weighted by molar-refractivity contribution is 0.730. The SMILES string of the molecule is Cc1nn(C)c(C)c1CNc1nc(Cl)nc2[nH]ncc12. The maximum atomic E-state index is 5.90. The molecule has 0 saturated heterocycles. The third-order valence-electron chi connectivity index (χ3n) is 3.37. The Kier molecular flexibility index (Phi) is 3.06. The molecule has 0 aliphatic carbocycles. The second-order valence-corrected chi connectivity index (χ2v) is 4.94. The molecule has 2 N–H and O–H groups in total. The van der Waals surface area contributed by atoms with Crippen molar-refractivity contribution in [1.29, 1.82) is 0 Å².